The first-order chi connectivity index (χ1) is 45.4. The second kappa shape index (κ2) is 41.4. The molecule has 3 heterocycles. The molecule has 1 aromatic heterocycles. The Labute approximate surface area is 569 Å². The molecule has 510 valence electrons. The van der Waals surface area contributed by atoms with Crippen LogP contribution in [0.1, 0.15) is 111 Å². The first kappa shape index (κ1) is 79.0. The van der Waals surface area contributed by atoms with Gasteiger partial charge in [-0.2, -0.15) is 0 Å². The molecule has 2 aliphatic heterocycles. The van der Waals surface area contributed by atoms with E-state index < -0.39 is 41.2 Å². The summed E-state index contributed by atoms with van der Waals surface area (Å²) in [5.74, 6) is -5.87. The van der Waals surface area contributed by atoms with Crippen LogP contribution in [0.25, 0.3) is 22.4 Å². The van der Waals surface area contributed by atoms with Crippen LogP contribution in [-0.2, 0) is 46.4 Å². The molecule has 0 radical (unpaired) electrons. The third-order valence-corrected chi connectivity index (χ3v) is 15.3. The molecule has 5 N–H and O–H groups in total. The molecule has 7 aromatic carbocycles. The zero-order valence-electron chi connectivity index (χ0n) is 54.8. The molecule has 96 heavy (non-hydrogen) atoms. The number of quaternary nitrogens is 1. The number of Topliss-reactive ketones (excluding diaryl/α,β-unsaturated/α-hetero) is 2. The second-order valence-electron chi connectivity index (χ2n) is 22.5. The van der Waals surface area contributed by atoms with E-state index in [1.807, 2.05) is 96.4 Å². The number of nitrogens with one attached hydrogen (secondary N) is 2. The van der Waals surface area contributed by atoms with Gasteiger partial charge in [0, 0.05) is 85.6 Å². The van der Waals surface area contributed by atoms with Crippen molar-refractivity contribution in [2.45, 2.75) is 86.6 Å². The standard InChI is InChI=1S/C33H34FN3O3.C26H24FNO3.C8H8O2.C7H14N2O2.C2H6.CH4.ClH/c1-23(2)31-30(33(39)35-27-11-7-4-8-12-27)29(24-9-5-3-6-10-24)32(25-13-15-26(34)16-14-25)37(31)18-17-28(38)36-19-21-40-22-20-36;1-17(2)24(29)23(26(31)28-21-11-7-4-8-12-21)22(18-9-5-3-6-10-18)25(30)19-13-15-20(27)16-14-19;9-8(10)6-7-4-2-1-3-5-7;8-2-1-7(10)9-3-5-11-6-4-9;1-2;;/h3-16,23H,17-22H2,1-2H3,(H,35,39);3-17,22-23H,1-2H3,(H,28,31);1-5H,6H2,(H,9,10);1-6,8H2;1-2H3;1H4;1H/p-1. The number of carboxylic acids is 1. The molecule has 0 saturated carbocycles. The summed E-state index contributed by atoms with van der Waals surface area (Å²) in [4.78, 5) is 92.3. The molecule has 0 aliphatic carbocycles. The number of amides is 4. The van der Waals surface area contributed by atoms with E-state index in [0.29, 0.717) is 81.5 Å². The van der Waals surface area contributed by atoms with Gasteiger partial charge in [0.15, 0.2) is 5.78 Å². The van der Waals surface area contributed by atoms with Crippen molar-refractivity contribution in [2.75, 3.05) is 69.8 Å². The number of nitrogens with zero attached hydrogens (tertiary/aromatic N) is 3. The highest BCUT2D eigenvalue weighted by atomic mass is 35.5. The van der Waals surface area contributed by atoms with Gasteiger partial charge in [-0.1, -0.05) is 176 Å². The summed E-state index contributed by atoms with van der Waals surface area (Å²) in [7, 11) is 0. The lowest BCUT2D eigenvalue weighted by Crippen LogP contribution is -3.00. The van der Waals surface area contributed by atoms with Crippen LogP contribution in [0.5, 0.6) is 0 Å². The van der Waals surface area contributed by atoms with Gasteiger partial charge in [-0.25, -0.2) is 8.78 Å². The fourth-order valence-electron chi connectivity index (χ4n) is 10.8. The number of carboxylic acid groups (broad SMARTS) is 1. The van der Waals surface area contributed by atoms with E-state index in [-0.39, 0.29) is 73.5 Å². The Bertz CT molecular complexity index is 3670. The molecular weight excluding hydrogens is 1240 g/mol. The van der Waals surface area contributed by atoms with Gasteiger partial charge >= 0.3 is 0 Å². The van der Waals surface area contributed by atoms with Gasteiger partial charge in [0.1, 0.15) is 23.3 Å². The quantitative estimate of drug-likeness (QED) is 0.0485. The molecule has 16 nitrogen and oxygen atoms in total. The number of aromatic nitrogens is 1. The number of carbonyl (C=O) groups is 7. The summed E-state index contributed by atoms with van der Waals surface area (Å²) < 4.78 is 40.1. The van der Waals surface area contributed by atoms with Crippen molar-refractivity contribution < 1.29 is 75.1 Å². The SMILES string of the molecule is C.CC.CC(C)C(=O)C(C(=O)Nc1ccccc1)C(C(=O)c1ccc(F)cc1)c1ccccc1.CC(C)c1c(C(=O)Nc2ccccc2)c(-c2ccccc2)c(-c2ccc(F)cc2)n1CCC(=O)N1CCOCC1.O=C([O-])Cc1ccccc1.[Cl-].[NH3+]CCC(=O)N1CCOCC1. The van der Waals surface area contributed by atoms with Crippen molar-refractivity contribution in [2.24, 2.45) is 11.8 Å². The molecule has 8 aromatic rings. The van der Waals surface area contributed by atoms with Gasteiger partial charge in [0.2, 0.25) is 17.7 Å². The van der Waals surface area contributed by atoms with Crippen LogP contribution in [0.4, 0.5) is 20.2 Å². The second-order valence-corrected chi connectivity index (χ2v) is 22.5. The van der Waals surface area contributed by atoms with Crippen LogP contribution in [0.2, 0.25) is 0 Å². The van der Waals surface area contributed by atoms with Crippen LogP contribution < -0.4 is 33.9 Å². The van der Waals surface area contributed by atoms with Crippen molar-refractivity contribution in [3.63, 3.8) is 0 Å². The van der Waals surface area contributed by atoms with Gasteiger partial charge in [-0.15, -0.1) is 0 Å². The molecule has 19 heteroatoms. The minimum Gasteiger partial charge on any atom is -1.00 e. The summed E-state index contributed by atoms with van der Waals surface area (Å²) >= 11 is 0. The Balaban J connectivity index is 0.000000307. The molecule has 2 fully saturated rings. The fourth-order valence-corrected chi connectivity index (χ4v) is 10.8. The van der Waals surface area contributed by atoms with Crippen LogP contribution in [-0.4, -0.2) is 115 Å². The lowest BCUT2D eigenvalue weighted by molar-refractivity contribution is -0.366. The number of aliphatic carboxylic acids is 1. The molecule has 0 spiro atoms. The molecule has 10 rings (SSSR count). The molecular formula is C77H90ClF2N6O10-. The zero-order valence-corrected chi connectivity index (χ0v) is 55.6. The van der Waals surface area contributed by atoms with E-state index in [2.05, 4.69) is 34.8 Å². The first-order valence-corrected chi connectivity index (χ1v) is 31.9. The number of rotatable bonds is 20. The summed E-state index contributed by atoms with van der Waals surface area (Å²) in [5, 5.41) is 15.9. The highest BCUT2D eigenvalue weighted by Gasteiger charge is 2.41. The number of hydrogen-bond acceptors (Lipinski definition) is 10. The number of anilines is 2. The molecule has 2 atom stereocenters. The Kier molecular flexibility index (Phi) is 34.0. The Morgan fingerprint density at radius 2 is 1.00 bits per heavy atom. The lowest BCUT2D eigenvalue weighted by atomic mass is 9.75. The molecule has 2 saturated heterocycles. The van der Waals surface area contributed by atoms with Crippen LogP contribution in [0, 0.1) is 23.5 Å². The van der Waals surface area contributed by atoms with E-state index >= 15 is 0 Å². The first-order valence-electron chi connectivity index (χ1n) is 31.9. The van der Waals surface area contributed by atoms with Crippen LogP contribution in [0.15, 0.2) is 200 Å². The van der Waals surface area contributed by atoms with E-state index in [9.17, 15) is 47.4 Å². The van der Waals surface area contributed by atoms with E-state index in [0.717, 1.165) is 46.7 Å². The van der Waals surface area contributed by atoms with Crippen molar-refractivity contribution in [3.8, 4) is 22.4 Å². The predicted molar refractivity (Wildman–Crippen MR) is 367 cm³/mol. The molecule has 2 unspecified atom stereocenters. The number of benzene rings is 7. The summed E-state index contributed by atoms with van der Waals surface area (Å²) in [6, 6.07) is 57.1. The number of halogens is 3. The topological polar surface area (TPSA) is 224 Å². The fraction of sp³-hybridized carbons (Fsp3) is 0.312. The minimum absolute atomic E-state index is 0. The normalized spacial score (nSPS) is 12.9. The van der Waals surface area contributed by atoms with Crippen molar-refractivity contribution in [1.29, 1.82) is 0 Å². The number of ether oxygens (including phenoxy) is 2. The number of hydrogen-bond donors (Lipinski definition) is 3. The third kappa shape index (κ3) is 23.5. The highest BCUT2D eigenvalue weighted by molar-refractivity contribution is 6.15. The monoisotopic (exact) mass is 1330 g/mol. The van der Waals surface area contributed by atoms with E-state index in [4.69, 9.17) is 9.47 Å². The van der Waals surface area contributed by atoms with Gasteiger partial charge in [0.25, 0.3) is 5.91 Å². The largest absolute Gasteiger partial charge is 1.00 e. The Hall–Kier alpha value is -9.46. The zero-order chi connectivity index (χ0) is 67.9. The summed E-state index contributed by atoms with van der Waals surface area (Å²) in [6.07, 6.45) is 0.845. The van der Waals surface area contributed by atoms with E-state index in [1.165, 1.54) is 36.4 Å². The van der Waals surface area contributed by atoms with Gasteiger partial charge in [-0.3, -0.25) is 28.8 Å². The maximum atomic E-state index is 14.1. The van der Waals surface area contributed by atoms with Gasteiger partial charge < -0.3 is 62.5 Å². The maximum Gasteiger partial charge on any atom is 0.258 e. The number of morpholine rings is 2. The molecule has 2 aliphatic rings. The van der Waals surface area contributed by atoms with Gasteiger partial charge in [0.05, 0.1) is 56.6 Å². The van der Waals surface area contributed by atoms with Crippen molar-refractivity contribution in [3.05, 3.63) is 240 Å². The molecule has 0 bridgehead atoms. The highest BCUT2D eigenvalue weighted by Crippen LogP contribution is 2.43. The minimum atomic E-state index is -1.24. The van der Waals surface area contributed by atoms with E-state index in [1.54, 1.807) is 105 Å². The smallest absolute Gasteiger partial charge is 0.258 e. The van der Waals surface area contributed by atoms with Crippen molar-refractivity contribution >= 4 is 52.5 Å². The predicted octanol–water partition coefficient (Wildman–Crippen LogP) is 8.98. The third-order valence-electron chi connectivity index (χ3n) is 15.3. The lowest BCUT2D eigenvalue weighted by Gasteiger charge is -2.27. The number of para-hydroxylation sites is 2. The maximum absolute atomic E-state index is 14.1. The Morgan fingerprint density at radius 1 is 0.562 bits per heavy atom. The van der Waals surface area contributed by atoms with Crippen molar-refractivity contribution in [1.82, 2.24) is 14.4 Å². The number of carbonyl (C=O) groups excluding carboxylic acids is 7. The average Bonchev–Trinajstić information content (AvgIpc) is 1.58. The Morgan fingerprint density at radius 3 is 1.46 bits per heavy atom. The number of ketones is 2. The molecule has 4 amide bonds. The van der Waals surface area contributed by atoms with Crippen LogP contribution in [0.3, 0.4) is 0 Å². The van der Waals surface area contributed by atoms with Crippen LogP contribution >= 0.6 is 0 Å². The summed E-state index contributed by atoms with van der Waals surface area (Å²) in [6.45, 7) is 17.7. The summed E-state index contributed by atoms with van der Waals surface area (Å²) in [5.41, 5.74) is 11.1. The average molecular weight is 1330 g/mol. The van der Waals surface area contributed by atoms with Gasteiger partial charge in [-0.05, 0) is 101 Å².